The average molecular weight is 413 g/mol. The molecule has 1 fully saturated rings. The number of hydrogen-bond acceptors (Lipinski definition) is 9. The quantitative estimate of drug-likeness (QED) is 0.487. The molecule has 2 aliphatic rings. The first-order chi connectivity index (χ1) is 14.4. The number of nitrogen functional groups attached to an aromatic ring is 1. The summed E-state index contributed by atoms with van der Waals surface area (Å²) in [6.07, 6.45) is -0.177. The number of nitrogens with zero attached hydrogens (tertiary/aromatic N) is 4. The molecule has 2 aliphatic heterocycles. The molecule has 12 heteroatoms. The number of carbonyl (C=O) groups excluding carboxylic acids is 2. The number of hydrogen-bond donors (Lipinski definition) is 3. The Morgan fingerprint density at radius 3 is 2.77 bits per heavy atom. The van der Waals surface area contributed by atoms with Crippen molar-refractivity contribution in [3.05, 3.63) is 39.9 Å². The van der Waals surface area contributed by atoms with Crippen LogP contribution >= 0.6 is 0 Å². The molecule has 2 amide bonds. The second kappa shape index (κ2) is 7.91. The zero-order valence-corrected chi connectivity index (χ0v) is 15.8. The number of rotatable bonds is 4. The lowest BCUT2D eigenvalue weighted by Crippen LogP contribution is -2.38. The number of morpholine rings is 1. The third-order valence-corrected chi connectivity index (χ3v) is 4.93. The van der Waals surface area contributed by atoms with Gasteiger partial charge in [-0.25, -0.2) is 0 Å². The number of nitrogens with one attached hydrogen (secondary N) is 2. The maximum Gasteiger partial charge on any atom is 0.292 e. The largest absolute Gasteiger partial charge is 0.383 e. The summed E-state index contributed by atoms with van der Waals surface area (Å²) < 4.78 is 5.31. The van der Waals surface area contributed by atoms with Crippen LogP contribution in [0, 0.1) is 10.1 Å². The van der Waals surface area contributed by atoms with Gasteiger partial charge in [0, 0.05) is 25.6 Å². The molecule has 4 rings (SSSR count). The van der Waals surface area contributed by atoms with Crippen molar-refractivity contribution in [3.63, 3.8) is 0 Å². The average Bonchev–Trinajstić information content (AvgIpc) is 2.73. The monoisotopic (exact) mass is 413 g/mol. The van der Waals surface area contributed by atoms with E-state index in [1.807, 2.05) is 4.90 Å². The fourth-order valence-corrected chi connectivity index (χ4v) is 3.47. The summed E-state index contributed by atoms with van der Waals surface area (Å²) in [4.78, 5) is 46.4. The molecule has 4 N–H and O–H groups in total. The highest BCUT2D eigenvalue weighted by molar-refractivity contribution is 6.06. The number of nitrogens with two attached hydrogens (primary N) is 1. The second-order valence-corrected chi connectivity index (χ2v) is 6.84. The second-order valence-electron chi connectivity index (χ2n) is 6.84. The summed E-state index contributed by atoms with van der Waals surface area (Å²) in [5, 5.41) is 16.4. The van der Waals surface area contributed by atoms with Gasteiger partial charge in [-0.2, -0.15) is 9.97 Å². The van der Waals surface area contributed by atoms with Gasteiger partial charge in [0.1, 0.15) is 17.3 Å². The summed E-state index contributed by atoms with van der Waals surface area (Å²) in [5.74, 6) is -1.40. The number of fused-ring (bicyclic) bond motifs is 1. The van der Waals surface area contributed by atoms with Gasteiger partial charge in [-0.05, 0) is 6.07 Å². The normalized spacial score (nSPS) is 18.3. The Hall–Kier alpha value is -3.80. The number of nitro benzene ring substituents is 1. The van der Waals surface area contributed by atoms with E-state index in [0.717, 1.165) is 0 Å². The number of nitro groups is 1. The highest BCUT2D eigenvalue weighted by Crippen LogP contribution is 2.37. The van der Waals surface area contributed by atoms with Crippen LogP contribution in [0.1, 0.15) is 17.9 Å². The molecule has 0 aliphatic carbocycles. The first-order valence-electron chi connectivity index (χ1n) is 9.28. The molecular weight excluding hydrogens is 394 g/mol. The van der Waals surface area contributed by atoms with E-state index < -0.39 is 22.7 Å². The van der Waals surface area contributed by atoms with Gasteiger partial charge in [0.05, 0.1) is 29.6 Å². The molecule has 0 saturated carbocycles. The molecule has 0 unspecified atom stereocenters. The Kier molecular flexibility index (Phi) is 5.14. The molecule has 0 spiro atoms. The SMILES string of the molecule is Nc1nc(N2CCOCC2)nc2c1[C@@H](C(=O)Nc1ccccc1[N+](=O)[O-])CC(=O)N2. The summed E-state index contributed by atoms with van der Waals surface area (Å²) >= 11 is 0. The minimum atomic E-state index is -0.979. The minimum absolute atomic E-state index is 0.0319. The molecule has 3 heterocycles. The van der Waals surface area contributed by atoms with Crippen LogP contribution in [0.25, 0.3) is 0 Å². The number of para-hydroxylation sites is 2. The standard InChI is InChI=1S/C18H19N7O5/c19-15-14-10(17(27)20-11-3-1-2-4-12(11)25(28)29)9-13(26)21-16(14)23-18(22-15)24-5-7-30-8-6-24/h1-4,10H,5-9H2,(H,20,27)(H3,19,21,22,23,26)/t10-/m0/s1. The van der Waals surface area contributed by atoms with Gasteiger partial charge in [0.25, 0.3) is 5.69 Å². The summed E-state index contributed by atoms with van der Waals surface area (Å²) in [6, 6.07) is 5.76. The van der Waals surface area contributed by atoms with Crippen molar-refractivity contribution >= 4 is 40.8 Å². The van der Waals surface area contributed by atoms with Crippen molar-refractivity contribution in [2.24, 2.45) is 0 Å². The van der Waals surface area contributed by atoms with Crippen LogP contribution in [0.15, 0.2) is 24.3 Å². The molecule has 1 atom stereocenters. The smallest absolute Gasteiger partial charge is 0.292 e. The lowest BCUT2D eigenvalue weighted by Gasteiger charge is -2.30. The molecule has 1 aromatic heterocycles. The molecule has 12 nitrogen and oxygen atoms in total. The van der Waals surface area contributed by atoms with Gasteiger partial charge in [0.2, 0.25) is 17.8 Å². The van der Waals surface area contributed by atoms with E-state index >= 15 is 0 Å². The molecule has 0 bridgehead atoms. The van der Waals surface area contributed by atoms with Crippen LogP contribution in [-0.2, 0) is 14.3 Å². The molecule has 30 heavy (non-hydrogen) atoms. The fourth-order valence-electron chi connectivity index (χ4n) is 3.47. The summed E-state index contributed by atoms with van der Waals surface area (Å²) in [6.45, 7) is 2.20. The van der Waals surface area contributed by atoms with Gasteiger partial charge in [0.15, 0.2) is 0 Å². The molecule has 1 saturated heterocycles. The number of carbonyl (C=O) groups is 2. The van der Waals surface area contributed by atoms with Gasteiger partial charge < -0.3 is 26.0 Å². The van der Waals surface area contributed by atoms with E-state index in [1.165, 1.54) is 18.2 Å². The molecule has 0 radical (unpaired) electrons. The number of anilines is 4. The van der Waals surface area contributed by atoms with E-state index in [2.05, 4.69) is 20.6 Å². The maximum atomic E-state index is 12.9. The number of amides is 2. The van der Waals surface area contributed by atoms with E-state index in [4.69, 9.17) is 10.5 Å². The highest BCUT2D eigenvalue weighted by atomic mass is 16.6. The number of ether oxygens (including phenoxy) is 1. The Morgan fingerprint density at radius 2 is 2.03 bits per heavy atom. The van der Waals surface area contributed by atoms with Crippen LogP contribution in [0.3, 0.4) is 0 Å². The van der Waals surface area contributed by atoms with Crippen LogP contribution in [0.5, 0.6) is 0 Å². The van der Waals surface area contributed by atoms with E-state index in [9.17, 15) is 19.7 Å². The Balaban J connectivity index is 1.65. The summed E-state index contributed by atoms with van der Waals surface area (Å²) in [5.41, 5.74) is 6.22. The predicted molar refractivity (Wildman–Crippen MR) is 107 cm³/mol. The first-order valence-corrected chi connectivity index (χ1v) is 9.28. The van der Waals surface area contributed by atoms with Crippen LogP contribution in [0.4, 0.5) is 29.0 Å². The minimum Gasteiger partial charge on any atom is -0.383 e. The highest BCUT2D eigenvalue weighted by Gasteiger charge is 2.36. The van der Waals surface area contributed by atoms with Crippen molar-refractivity contribution in [1.82, 2.24) is 9.97 Å². The third-order valence-electron chi connectivity index (χ3n) is 4.93. The van der Waals surface area contributed by atoms with Crippen molar-refractivity contribution in [2.75, 3.05) is 47.6 Å². The molecule has 2 aromatic rings. The Morgan fingerprint density at radius 1 is 1.30 bits per heavy atom. The lowest BCUT2D eigenvalue weighted by atomic mass is 9.91. The van der Waals surface area contributed by atoms with Crippen molar-refractivity contribution in [1.29, 1.82) is 0 Å². The number of aromatic nitrogens is 2. The van der Waals surface area contributed by atoms with E-state index in [1.54, 1.807) is 6.07 Å². The van der Waals surface area contributed by atoms with Crippen molar-refractivity contribution < 1.29 is 19.2 Å². The number of benzene rings is 1. The zero-order chi connectivity index (χ0) is 21.3. The van der Waals surface area contributed by atoms with Crippen LogP contribution < -0.4 is 21.3 Å². The van der Waals surface area contributed by atoms with E-state index in [0.29, 0.717) is 37.8 Å². The van der Waals surface area contributed by atoms with Gasteiger partial charge >= 0.3 is 0 Å². The topological polar surface area (TPSA) is 166 Å². The molecular formula is C18H19N7O5. The Labute approximate surface area is 170 Å². The van der Waals surface area contributed by atoms with Gasteiger partial charge in [-0.15, -0.1) is 0 Å². The predicted octanol–water partition coefficient (Wildman–Crippen LogP) is 0.868. The first kappa shape index (κ1) is 19.5. The van der Waals surface area contributed by atoms with Crippen LogP contribution in [-0.4, -0.2) is 53.0 Å². The van der Waals surface area contributed by atoms with Crippen LogP contribution in [0.2, 0.25) is 0 Å². The molecule has 156 valence electrons. The van der Waals surface area contributed by atoms with Crippen molar-refractivity contribution in [3.8, 4) is 0 Å². The van der Waals surface area contributed by atoms with E-state index in [-0.39, 0.29) is 29.4 Å². The fraction of sp³-hybridized carbons (Fsp3) is 0.333. The van der Waals surface area contributed by atoms with Gasteiger partial charge in [-0.1, -0.05) is 12.1 Å². The van der Waals surface area contributed by atoms with Gasteiger partial charge in [-0.3, -0.25) is 19.7 Å². The lowest BCUT2D eigenvalue weighted by molar-refractivity contribution is -0.383. The molecule has 1 aromatic carbocycles. The van der Waals surface area contributed by atoms with Crippen molar-refractivity contribution in [2.45, 2.75) is 12.3 Å². The maximum absolute atomic E-state index is 12.9. The summed E-state index contributed by atoms with van der Waals surface area (Å²) in [7, 11) is 0. The Bertz CT molecular complexity index is 1020. The third kappa shape index (κ3) is 3.72. The zero-order valence-electron chi connectivity index (χ0n) is 15.8.